The molecule has 1 N–H and O–H groups in total. The second-order valence-electron chi connectivity index (χ2n) is 13.6. The highest BCUT2D eigenvalue weighted by atomic mass is 35.5. The Morgan fingerprint density at radius 2 is 1.73 bits per heavy atom. The van der Waals surface area contributed by atoms with Crippen LogP contribution >= 0.6 is 23.2 Å². The summed E-state index contributed by atoms with van der Waals surface area (Å²) < 4.78 is 12.2. The molecule has 1 atom stereocenters. The van der Waals surface area contributed by atoms with E-state index in [1.165, 1.54) is 0 Å². The molecule has 1 aliphatic heterocycles. The molecule has 6 aromatic rings. The lowest BCUT2D eigenvalue weighted by Crippen LogP contribution is -2.49. The number of carboxylic acids is 1. The molecule has 0 aliphatic carbocycles. The van der Waals surface area contributed by atoms with Gasteiger partial charge in [0.05, 0.1) is 40.0 Å². The Labute approximate surface area is 306 Å². The minimum atomic E-state index is -1.01. The van der Waals surface area contributed by atoms with Gasteiger partial charge in [-0.25, -0.2) is 4.79 Å². The molecule has 9 nitrogen and oxygen atoms in total. The zero-order valence-corrected chi connectivity index (χ0v) is 31.4. The summed E-state index contributed by atoms with van der Waals surface area (Å²) in [4.78, 5) is 29.2. The summed E-state index contributed by atoms with van der Waals surface area (Å²) in [7, 11) is 3.81. The van der Waals surface area contributed by atoms with Crippen molar-refractivity contribution in [3.05, 3.63) is 97.9 Å². The monoisotopic (exact) mass is 725 g/mol. The van der Waals surface area contributed by atoms with Crippen LogP contribution in [0.3, 0.4) is 0 Å². The molecule has 0 bridgehead atoms. The number of aromatic carboxylic acids is 1. The molecule has 11 heteroatoms. The van der Waals surface area contributed by atoms with Gasteiger partial charge in [-0.1, -0.05) is 42.3 Å². The van der Waals surface area contributed by atoms with Gasteiger partial charge < -0.3 is 19.0 Å². The molecular weight excluding hydrogens is 685 g/mol. The van der Waals surface area contributed by atoms with Gasteiger partial charge in [0.25, 0.3) is 5.91 Å². The highest BCUT2D eigenvalue weighted by Crippen LogP contribution is 2.44. The number of hydrogen-bond acceptors (Lipinski definition) is 4. The van der Waals surface area contributed by atoms with Crippen LogP contribution in [0.2, 0.25) is 10.0 Å². The number of nitrogens with zero attached hydrogens (tertiary/aromatic N) is 5. The molecular formula is C40H41Cl2N5O4. The summed E-state index contributed by atoms with van der Waals surface area (Å²) in [5, 5.41) is 17.6. The van der Waals surface area contributed by atoms with Gasteiger partial charge in [-0.3, -0.25) is 14.4 Å². The van der Waals surface area contributed by atoms with Crippen molar-refractivity contribution >= 4 is 62.7 Å². The standard InChI is InChI=1S/C40H41Cl2N5O4/c1-8-25-20-46-37-28(14-15-31(41)35(37)34-23(4)43-45(7)24(34)5)27(12-10-16-51-26-17-21(2)36(42)22(3)18-26)38(46)39(48)47(25)33-19-30-29(40(49)50)11-9-13-32(30)44(33)6/h9,11,13-15,17-19,25H,8,10,12,16,20H2,1-7H3,(H,49,50). The number of ether oxygens (including phenoxy) is 1. The third kappa shape index (κ3) is 5.58. The quantitative estimate of drug-likeness (QED) is 0.150. The second kappa shape index (κ2) is 13.1. The van der Waals surface area contributed by atoms with Crippen LogP contribution in [0.1, 0.15) is 68.7 Å². The van der Waals surface area contributed by atoms with Crippen molar-refractivity contribution < 1.29 is 19.4 Å². The van der Waals surface area contributed by atoms with Gasteiger partial charge in [0.1, 0.15) is 17.3 Å². The second-order valence-corrected chi connectivity index (χ2v) is 14.4. The zero-order chi connectivity index (χ0) is 36.5. The topological polar surface area (TPSA) is 94.5 Å². The average Bonchev–Trinajstić information content (AvgIpc) is 3.69. The van der Waals surface area contributed by atoms with E-state index >= 15 is 4.79 Å². The lowest BCUT2D eigenvalue weighted by Gasteiger charge is -2.37. The van der Waals surface area contributed by atoms with Gasteiger partial charge >= 0.3 is 5.97 Å². The molecule has 51 heavy (non-hydrogen) atoms. The van der Waals surface area contributed by atoms with Crippen molar-refractivity contribution in [2.45, 2.75) is 66.5 Å². The number of anilines is 1. The lowest BCUT2D eigenvalue weighted by atomic mass is 9.98. The number of benzene rings is 3. The van der Waals surface area contributed by atoms with E-state index in [4.69, 9.17) is 33.0 Å². The van der Waals surface area contributed by atoms with Gasteiger partial charge in [-0.15, -0.1) is 0 Å². The maximum absolute atomic E-state index is 15.1. The van der Waals surface area contributed by atoms with E-state index in [9.17, 15) is 9.90 Å². The Kier molecular flexibility index (Phi) is 8.92. The molecule has 4 heterocycles. The molecule has 1 unspecified atom stereocenters. The first-order chi connectivity index (χ1) is 24.3. The maximum atomic E-state index is 15.1. The number of aromatic nitrogens is 4. The number of hydrogen-bond donors (Lipinski definition) is 1. The fourth-order valence-corrected chi connectivity index (χ4v) is 8.27. The van der Waals surface area contributed by atoms with Crippen molar-refractivity contribution in [2.24, 2.45) is 14.1 Å². The van der Waals surface area contributed by atoms with Crippen LogP contribution in [-0.2, 0) is 27.1 Å². The third-order valence-electron chi connectivity index (χ3n) is 10.5. The van der Waals surface area contributed by atoms with Crippen LogP contribution in [0.15, 0.2) is 48.5 Å². The molecule has 0 fully saturated rings. The molecule has 0 saturated heterocycles. The average molecular weight is 727 g/mol. The van der Waals surface area contributed by atoms with Gasteiger partial charge in [0.2, 0.25) is 0 Å². The van der Waals surface area contributed by atoms with Crippen molar-refractivity contribution in [3.8, 4) is 16.9 Å². The Hall–Kier alpha value is -4.73. The first-order valence-corrected chi connectivity index (χ1v) is 18.0. The third-order valence-corrected chi connectivity index (χ3v) is 11.4. The van der Waals surface area contributed by atoms with E-state index in [0.717, 1.165) is 66.4 Å². The van der Waals surface area contributed by atoms with Crippen LogP contribution in [0.4, 0.5) is 5.82 Å². The van der Waals surface area contributed by atoms with Gasteiger partial charge in [-0.2, -0.15) is 5.10 Å². The predicted molar refractivity (Wildman–Crippen MR) is 204 cm³/mol. The molecule has 1 amide bonds. The Morgan fingerprint density at radius 3 is 2.37 bits per heavy atom. The normalized spacial score (nSPS) is 14.6. The van der Waals surface area contributed by atoms with Crippen molar-refractivity contribution in [1.82, 2.24) is 18.9 Å². The van der Waals surface area contributed by atoms with Crippen LogP contribution in [-0.4, -0.2) is 48.5 Å². The number of amides is 1. The fraction of sp³-hybridized carbons (Fsp3) is 0.325. The van der Waals surface area contributed by atoms with E-state index in [1.807, 2.05) is 92.3 Å². The van der Waals surface area contributed by atoms with Gasteiger partial charge in [0.15, 0.2) is 0 Å². The maximum Gasteiger partial charge on any atom is 0.336 e. The smallest absolute Gasteiger partial charge is 0.336 e. The summed E-state index contributed by atoms with van der Waals surface area (Å²) in [6.45, 7) is 11.0. The lowest BCUT2D eigenvalue weighted by molar-refractivity contribution is 0.0698. The van der Waals surface area contributed by atoms with Crippen LogP contribution in [0, 0.1) is 27.7 Å². The van der Waals surface area contributed by atoms with E-state index < -0.39 is 5.97 Å². The Bertz CT molecular complexity index is 2380. The highest BCUT2D eigenvalue weighted by molar-refractivity contribution is 6.35. The van der Waals surface area contributed by atoms with E-state index in [2.05, 4.69) is 11.5 Å². The van der Waals surface area contributed by atoms with Gasteiger partial charge in [-0.05, 0) is 100 Å². The number of carboxylic acid groups (broad SMARTS) is 1. The van der Waals surface area contributed by atoms with Gasteiger partial charge in [0, 0.05) is 53.3 Å². The van der Waals surface area contributed by atoms with Crippen LogP contribution < -0.4 is 9.64 Å². The molecule has 3 aromatic heterocycles. The SMILES string of the molecule is CCC1Cn2c(c(CCCOc3cc(C)c(Cl)c(C)c3)c3ccc(Cl)c(-c4c(C)nn(C)c4C)c32)C(=O)N1c1cc2c(C(=O)O)cccc2n1C. The molecule has 0 saturated carbocycles. The molecule has 3 aromatic carbocycles. The summed E-state index contributed by atoms with van der Waals surface area (Å²) in [6, 6.07) is 14.7. The summed E-state index contributed by atoms with van der Waals surface area (Å²) in [6.07, 6.45) is 1.93. The molecule has 0 spiro atoms. The number of fused-ring (bicyclic) bond motifs is 4. The number of halogens is 2. The van der Waals surface area contributed by atoms with E-state index in [0.29, 0.717) is 54.3 Å². The minimum absolute atomic E-state index is 0.131. The molecule has 1 aliphatic rings. The summed E-state index contributed by atoms with van der Waals surface area (Å²) in [5.41, 5.74) is 9.04. The number of rotatable bonds is 9. The summed E-state index contributed by atoms with van der Waals surface area (Å²) >= 11 is 13.5. The van der Waals surface area contributed by atoms with Crippen molar-refractivity contribution in [3.63, 3.8) is 0 Å². The van der Waals surface area contributed by atoms with Crippen molar-refractivity contribution in [2.75, 3.05) is 11.5 Å². The van der Waals surface area contributed by atoms with E-state index in [1.54, 1.807) is 12.1 Å². The minimum Gasteiger partial charge on any atom is -0.494 e. The fourth-order valence-electron chi connectivity index (χ4n) is 7.91. The predicted octanol–water partition coefficient (Wildman–Crippen LogP) is 9.22. The number of aryl methyl sites for hydroxylation is 6. The Morgan fingerprint density at radius 1 is 1.00 bits per heavy atom. The van der Waals surface area contributed by atoms with Crippen molar-refractivity contribution in [1.29, 1.82) is 0 Å². The largest absolute Gasteiger partial charge is 0.494 e. The first kappa shape index (κ1) is 34.7. The molecule has 7 rings (SSSR count). The Balaban J connectivity index is 1.39. The zero-order valence-electron chi connectivity index (χ0n) is 29.9. The van der Waals surface area contributed by atoms with E-state index in [-0.39, 0.29) is 17.5 Å². The molecule has 0 radical (unpaired) electrons. The number of carbonyl (C=O) groups is 2. The van der Waals surface area contributed by atoms with Crippen LogP contribution in [0.5, 0.6) is 5.75 Å². The van der Waals surface area contributed by atoms with Crippen LogP contribution in [0.25, 0.3) is 32.9 Å². The highest BCUT2D eigenvalue weighted by Gasteiger charge is 2.39. The first-order valence-electron chi connectivity index (χ1n) is 17.2. The number of carbonyl (C=O) groups excluding carboxylic acids is 1. The summed E-state index contributed by atoms with van der Waals surface area (Å²) in [5.74, 6) is 0.286. The molecule has 264 valence electrons.